The minimum Gasteiger partial charge on any atom is -0.497 e. The summed E-state index contributed by atoms with van der Waals surface area (Å²) in [6, 6.07) is 15.5. The highest BCUT2D eigenvalue weighted by atomic mass is 79.9. The second kappa shape index (κ2) is 5.73. The molecule has 3 heteroatoms. The molecule has 0 atom stereocenters. The summed E-state index contributed by atoms with van der Waals surface area (Å²) in [5.41, 5.74) is 1.06. The number of methoxy groups -OCH3 is 1. The van der Waals surface area contributed by atoms with E-state index >= 15 is 0 Å². The van der Waals surface area contributed by atoms with Crippen molar-refractivity contribution in [2.45, 2.75) is 5.33 Å². The van der Waals surface area contributed by atoms with E-state index in [4.69, 9.17) is 9.47 Å². The molecule has 0 saturated heterocycles. The highest BCUT2D eigenvalue weighted by Gasteiger charge is 2.05. The fourth-order valence-corrected chi connectivity index (χ4v) is 1.94. The average molecular weight is 293 g/mol. The van der Waals surface area contributed by atoms with E-state index in [9.17, 15) is 0 Å². The van der Waals surface area contributed by atoms with Crippen molar-refractivity contribution in [2.75, 3.05) is 7.11 Å². The van der Waals surface area contributed by atoms with Gasteiger partial charge in [-0.05, 0) is 30.3 Å². The molecule has 0 N–H and O–H groups in total. The molecule has 2 rings (SSSR count). The van der Waals surface area contributed by atoms with E-state index in [0.717, 1.165) is 28.1 Å². The lowest BCUT2D eigenvalue weighted by Crippen LogP contribution is -1.91. The predicted molar refractivity (Wildman–Crippen MR) is 72.1 cm³/mol. The molecule has 0 bridgehead atoms. The number of benzene rings is 2. The monoisotopic (exact) mass is 292 g/mol. The van der Waals surface area contributed by atoms with Crippen molar-refractivity contribution in [1.82, 2.24) is 0 Å². The Labute approximate surface area is 109 Å². The van der Waals surface area contributed by atoms with Gasteiger partial charge in [-0.3, -0.25) is 0 Å². The fourth-order valence-electron chi connectivity index (χ4n) is 1.50. The Morgan fingerprint density at radius 2 is 1.76 bits per heavy atom. The van der Waals surface area contributed by atoms with Gasteiger partial charge in [0.25, 0.3) is 0 Å². The highest BCUT2D eigenvalue weighted by Crippen LogP contribution is 2.29. The van der Waals surface area contributed by atoms with Crippen LogP contribution in [-0.2, 0) is 5.33 Å². The van der Waals surface area contributed by atoms with Crippen molar-refractivity contribution in [3.63, 3.8) is 0 Å². The summed E-state index contributed by atoms with van der Waals surface area (Å²) in [6.45, 7) is 0. The Balaban J connectivity index is 2.26. The molecular formula is C14H13BrO2. The molecule has 0 saturated carbocycles. The molecule has 0 spiro atoms. The predicted octanol–water partition coefficient (Wildman–Crippen LogP) is 4.38. The number of para-hydroxylation sites is 1. The van der Waals surface area contributed by atoms with Crippen LogP contribution < -0.4 is 9.47 Å². The molecule has 0 aromatic heterocycles. The normalized spacial score (nSPS) is 10.0. The largest absolute Gasteiger partial charge is 0.497 e. The maximum Gasteiger partial charge on any atom is 0.131 e. The van der Waals surface area contributed by atoms with E-state index in [0.29, 0.717) is 0 Å². The Hall–Kier alpha value is -1.48. The summed E-state index contributed by atoms with van der Waals surface area (Å²) in [7, 11) is 1.66. The molecule has 0 heterocycles. The second-order valence-corrected chi connectivity index (χ2v) is 4.08. The van der Waals surface area contributed by atoms with Gasteiger partial charge in [0.15, 0.2) is 0 Å². The minimum atomic E-state index is 0.729. The van der Waals surface area contributed by atoms with Crippen molar-refractivity contribution in [3.05, 3.63) is 54.1 Å². The molecule has 17 heavy (non-hydrogen) atoms. The van der Waals surface area contributed by atoms with Crippen LogP contribution in [0.15, 0.2) is 48.5 Å². The average Bonchev–Trinajstić information content (AvgIpc) is 2.40. The number of halogens is 1. The topological polar surface area (TPSA) is 18.5 Å². The maximum absolute atomic E-state index is 5.81. The van der Waals surface area contributed by atoms with E-state index in [2.05, 4.69) is 15.9 Å². The number of alkyl halides is 1. The molecule has 0 radical (unpaired) electrons. The fraction of sp³-hybridized carbons (Fsp3) is 0.143. The van der Waals surface area contributed by atoms with Gasteiger partial charge in [-0.2, -0.15) is 0 Å². The molecule has 0 aliphatic rings. The van der Waals surface area contributed by atoms with Crippen LogP contribution in [-0.4, -0.2) is 7.11 Å². The third kappa shape index (κ3) is 3.01. The van der Waals surface area contributed by atoms with Crippen LogP contribution in [0.5, 0.6) is 17.2 Å². The zero-order valence-electron chi connectivity index (χ0n) is 9.52. The van der Waals surface area contributed by atoms with E-state index in [1.165, 1.54) is 0 Å². The standard InChI is InChI=1S/C14H13BrO2/c1-16-13-7-8-14(11(9-13)10-15)17-12-5-3-2-4-6-12/h2-9H,10H2,1H3. The number of rotatable bonds is 4. The minimum absolute atomic E-state index is 0.729. The van der Waals surface area contributed by atoms with Gasteiger partial charge in [-0.15, -0.1) is 0 Å². The van der Waals surface area contributed by atoms with Crippen LogP contribution in [0.25, 0.3) is 0 Å². The van der Waals surface area contributed by atoms with Gasteiger partial charge in [0.1, 0.15) is 17.2 Å². The Morgan fingerprint density at radius 1 is 1.00 bits per heavy atom. The van der Waals surface area contributed by atoms with Gasteiger partial charge in [-0.1, -0.05) is 34.1 Å². The Kier molecular flexibility index (Phi) is 4.04. The summed E-state index contributed by atoms with van der Waals surface area (Å²) >= 11 is 3.45. The molecule has 88 valence electrons. The first kappa shape index (κ1) is 12.0. The summed E-state index contributed by atoms with van der Waals surface area (Å²) in [5, 5.41) is 0.729. The molecule has 0 amide bonds. The van der Waals surface area contributed by atoms with Gasteiger partial charge in [0, 0.05) is 10.9 Å². The van der Waals surface area contributed by atoms with Gasteiger partial charge in [-0.25, -0.2) is 0 Å². The van der Waals surface area contributed by atoms with Gasteiger partial charge in [0.05, 0.1) is 7.11 Å². The lowest BCUT2D eigenvalue weighted by Gasteiger charge is -2.10. The molecular weight excluding hydrogens is 280 g/mol. The lowest BCUT2D eigenvalue weighted by atomic mass is 10.2. The molecule has 0 unspecified atom stereocenters. The van der Waals surface area contributed by atoms with Crippen LogP contribution in [0.2, 0.25) is 0 Å². The Morgan fingerprint density at radius 3 is 2.41 bits per heavy atom. The number of ether oxygens (including phenoxy) is 2. The van der Waals surface area contributed by atoms with Crippen LogP contribution >= 0.6 is 15.9 Å². The van der Waals surface area contributed by atoms with Crippen molar-refractivity contribution >= 4 is 15.9 Å². The Bertz CT molecular complexity index is 483. The smallest absolute Gasteiger partial charge is 0.131 e. The van der Waals surface area contributed by atoms with E-state index in [1.54, 1.807) is 7.11 Å². The summed E-state index contributed by atoms with van der Waals surface area (Å²) in [6.07, 6.45) is 0. The van der Waals surface area contributed by atoms with Crippen molar-refractivity contribution < 1.29 is 9.47 Å². The molecule has 2 nitrogen and oxygen atoms in total. The quantitative estimate of drug-likeness (QED) is 0.779. The first-order chi connectivity index (χ1) is 8.33. The van der Waals surface area contributed by atoms with Crippen LogP contribution in [0.4, 0.5) is 0 Å². The molecule has 2 aromatic rings. The third-order valence-corrected chi connectivity index (χ3v) is 2.99. The third-order valence-electron chi connectivity index (χ3n) is 2.38. The van der Waals surface area contributed by atoms with Crippen LogP contribution in [0.1, 0.15) is 5.56 Å². The number of hydrogen-bond acceptors (Lipinski definition) is 2. The molecule has 0 aliphatic heterocycles. The summed E-state index contributed by atoms with van der Waals surface area (Å²) in [5.74, 6) is 2.51. The SMILES string of the molecule is COc1ccc(Oc2ccccc2)c(CBr)c1. The van der Waals surface area contributed by atoms with Crippen molar-refractivity contribution in [2.24, 2.45) is 0 Å². The molecule has 0 fully saturated rings. The van der Waals surface area contributed by atoms with Crippen LogP contribution in [0.3, 0.4) is 0 Å². The molecule has 0 aliphatic carbocycles. The maximum atomic E-state index is 5.81. The van der Waals surface area contributed by atoms with Gasteiger partial charge < -0.3 is 9.47 Å². The zero-order chi connectivity index (χ0) is 12.1. The molecule has 2 aromatic carbocycles. The van der Waals surface area contributed by atoms with Gasteiger partial charge >= 0.3 is 0 Å². The lowest BCUT2D eigenvalue weighted by molar-refractivity contribution is 0.412. The zero-order valence-corrected chi connectivity index (χ0v) is 11.1. The highest BCUT2D eigenvalue weighted by molar-refractivity contribution is 9.08. The summed E-state index contributed by atoms with van der Waals surface area (Å²) < 4.78 is 11.0. The van der Waals surface area contributed by atoms with E-state index < -0.39 is 0 Å². The van der Waals surface area contributed by atoms with E-state index in [1.807, 2.05) is 48.5 Å². The van der Waals surface area contributed by atoms with Gasteiger partial charge in [0.2, 0.25) is 0 Å². The second-order valence-electron chi connectivity index (χ2n) is 3.52. The van der Waals surface area contributed by atoms with Crippen molar-refractivity contribution in [1.29, 1.82) is 0 Å². The first-order valence-electron chi connectivity index (χ1n) is 5.29. The van der Waals surface area contributed by atoms with E-state index in [-0.39, 0.29) is 0 Å². The first-order valence-corrected chi connectivity index (χ1v) is 6.41. The van der Waals surface area contributed by atoms with Crippen molar-refractivity contribution in [3.8, 4) is 17.2 Å². The number of hydrogen-bond donors (Lipinski definition) is 0. The summed E-state index contributed by atoms with van der Waals surface area (Å²) in [4.78, 5) is 0. The van der Waals surface area contributed by atoms with Crippen LogP contribution in [0, 0.1) is 0 Å².